The lowest BCUT2D eigenvalue weighted by atomic mass is 9.90. The predicted molar refractivity (Wildman–Crippen MR) is 154 cm³/mol. The highest BCUT2D eigenvalue weighted by atomic mass is 19.4. The largest absolute Gasteiger partial charge is 0.494 e. The molecule has 0 aliphatic rings. The van der Waals surface area contributed by atoms with E-state index in [1.165, 1.54) is 0 Å². The average Bonchev–Trinajstić information content (AvgIpc) is 2.97. The van der Waals surface area contributed by atoms with Crippen LogP contribution in [-0.4, -0.2) is 35.7 Å². The number of hydrogen-bond donors (Lipinski definition) is 1. The minimum atomic E-state index is -4.94. The maximum absolute atomic E-state index is 13.6. The van der Waals surface area contributed by atoms with Crippen LogP contribution in [0.25, 0.3) is 0 Å². The Kier molecular flexibility index (Phi) is 10.7. The second-order valence-electron chi connectivity index (χ2n) is 10.4. The number of carbonyl (C=O) groups is 1. The van der Waals surface area contributed by atoms with E-state index in [2.05, 4.69) is 0 Å². The van der Waals surface area contributed by atoms with Crippen LogP contribution in [0.2, 0.25) is 0 Å². The van der Waals surface area contributed by atoms with Crippen molar-refractivity contribution in [2.24, 2.45) is 0 Å². The van der Waals surface area contributed by atoms with Gasteiger partial charge in [0.1, 0.15) is 5.75 Å². The molecule has 0 aliphatic carbocycles. The second-order valence-corrected chi connectivity index (χ2v) is 10.4. The van der Waals surface area contributed by atoms with Gasteiger partial charge in [-0.15, -0.1) is 0 Å². The molecular weight excluding hydrogens is 584 g/mol. The number of alkyl halides is 6. The summed E-state index contributed by atoms with van der Waals surface area (Å²) in [6.07, 6.45) is -9.65. The van der Waals surface area contributed by atoms with E-state index in [-0.39, 0.29) is 37.1 Å². The van der Waals surface area contributed by atoms with Crippen LogP contribution >= 0.6 is 0 Å². The van der Waals surface area contributed by atoms with E-state index in [9.17, 15) is 31.1 Å². The lowest BCUT2D eigenvalue weighted by molar-refractivity contribution is -0.143. The first-order valence-corrected chi connectivity index (χ1v) is 13.9. The van der Waals surface area contributed by atoms with Crippen LogP contribution in [-0.2, 0) is 30.1 Å². The molecule has 0 spiro atoms. The molecule has 0 unspecified atom stereocenters. The van der Waals surface area contributed by atoms with Crippen LogP contribution in [0.3, 0.4) is 0 Å². The van der Waals surface area contributed by atoms with Gasteiger partial charge < -0.3 is 9.84 Å². The van der Waals surface area contributed by atoms with Gasteiger partial charge in [0.25, 0.3) is 0 Å². The maximum atomic E-state index is 13.6. The van der Waals surface area contributed by atoms with Gasteiger partial charge in [0.15, 0.2) is 0 Å². The fourth-order valence-electron chi connectivity index (χ4n) is 5.03. The number of aliphatic carboxylic acids is 1. The van der Waals surface area contributed by atoms with Crippen molar-refractivity contribution < 1.29 is 41.0 Å². The highest BCUT2D eigenvalue weighted by Gasteiger charge is 2.37. The SMILES string of the molecule is O=C(O)Cc1cccc(OCCCN(Cc2cc(C(F)(F)F)cc(C(F)(F)F)c2)CC(c2ccccc2)c2ccccc2)c1. The molecule has 0 aliphatic heterocycles. The summed E-state index contributed by atoms with van der Waals surface area (Å²) in [5, 5.41) is 9.04. The molecule has 0 heterocycles. The predicted octanol–water partition coefficient (Wildman–Crippen LogP) is 8.45. The summed E-state index contributed by atoms with van der Waals surface area (Å²) < 4.78 is 87.4. The van der Waals surface area contributed by atoms with Crippen molar-refractivity contribution in [1.82, 2.24) is 4.90 Å². The first-order chi connectivity index (χ1) is 20.9. The summed E-state index contributed by atoms with van der Waals surface area (Å²) in [6.45, 7) is 0.671. The topological polar surface area (TPSA) is 49.8 Å². The molecular formula is C34H31F6NO3. The van der Waals surface area contributed by atoms with Gasteiger partial charge in [0, 0.05) is 25.6 Å². The fourth-order valence-corrected chi connectivity index (χ4v) is 5.03. The molecule has 0 fully saturated rings. The van der Waals surface area contributed by atoms with E-state index < -0.39 is 29.4 Å². The lowest BCUT2D eigenvalue weighted by Gasteiger charge is -2.29. The molecule has 1 N–H and O–H groups in total. The highest BCUT2D eigenvalue weighted by Crippen LogP contribution is 2.37. The van der Waals surface area contributed by atoms with E-state index in [4.69, 9.17) is 9.84 Å². The molecule has 4 aromatic carbocycles. The molecule has 44 heavy (non-hydrogen) atoms. The van der Waals surface area contributed by atoms with Crippen molar-refractivity contribution in [3.63, 3.8) is 0 Å². The molecule has 4 rings (SSSR count). The van der Waals surface area contributed by atoms with E-state index >= 15 is 0 Å². The van der Waals surface area contributed by atoms with Crippen LogP contribution < -0.4 is 4.74 Å². The van der Waals surface area contributed by atoms with Crippen molar-refractivity contribution in [1.29, 1.82) is 0 Å². The van der Waals surface area contributed by atoms with Gasteiger partial charge >= 0.3 is 18.3 Å². The van der Waals surface area contributed by atoms with E-state index in [1.807, 2.05) is 65.6 Å². The Morgan fingerprint density at radius 3 is 1.82 bits per heavy atom. The third kappa shape index (κ3) is 9.60. The third-order valence-corrected chi connectivity index (χ3v) is 7.04. The van der Waals surface area contributed by atoms with Gasteiger partial charge in [-0.1, -0.05) is 72.8 Å². The van der Waals surface area contributed by atoms with Crippen molar-refractivity contribution in [3.8, 4) is 5.75 Å². The van der Waals surface area contributed by atoms with Gasteiger partial charge in [0.2, 0.25) is 0 Å². The summed E-state index contributed by atoms with van der Waals surface area (Å²) in [7, 11) is 0. The van der Waals surface area contributed by atoms with Crippen molar-refractivity contribution in [3.05, 3.63) is 137 Å². The number of rotatable bonds is 13. The van der Waals surface area contributed by atoms with Crippen molar-refractivity contribution in [2.75, 3.05) is 19.7 Å². The maximum Gasteiger partial charge on any atom is 0.416 e. The second kappa shape index (κ2) is 14.4. The summed E-state index contributed by atoms with van der Waals surface area (Å²) in [4.78, 5) is 12.9. The Bertz CT molecular complexity index is 1440. The Labute approximate surface area is 251 Å². The Morgan fingerprint density at radius 2 is 1.30 bits per heavy atom. The Hall–Kier alpha value is -4.31. The molecule has 10 heteroatoms. The number of ether oxygens (including phenoxy) is 1. The minimum Gasteiger partial charge on any atom is -0.494 e. The number of carboxylic acid groups (broad SMARTS) is 1. The highest BCUT2D eigenvalue weighted by molar-refractivity contribution is 5.70. The molecule has 0 radical (unpaired) electrons. The van der Waals surface area contributed by atoms with Crippen LogP contribution in [0.5, 0.6) is 5.75 Å². The number of benzene rings is 4. The molecule has 0 bridgehead atoms. The summed E-state index contributed by atoms with van der Waals surface area (Å²) in [5.74, 6) is -0.721. The average molecular weight is 616 g/mol. The van der Waals surface area contributed by atoms with Crippen molar-refractivity contribution in [2.45, 2.75) is 37.7 Å². The van der Waals surface area contributed by atoms with E-state index in [1.54, 1.807) is 24.3 Å². The zero-order valence-electron chi connectivity index (χ0n) is 23.6. The summed E-state index contributed by atoms with van der Waals surface area (Å²) >= 11 is 0. The number of hydrogen-bond acceptors (Lipinski definition) is 3. The van der Waals surface area contributed by atoms with Gasteiger partial charge in [0.05, 0.1) is 24.2 Å². The van der Waals surface area contributed by atoms with Crippen LogP contribution in [0, 0.1) is 0 Å². The lowest BCUT2D eigenvalue weighted by Crippen LogP contribution is -2.31. The summed E-state index contributed by atoms with van der Waals surface area (Å²) in [5.41, 5.74) is -0.334. The molecule has 4 nitrogen and oxygen atoms in total. The Balaban J connectivity index is 1.60. The van der Waals surface area contributed by atoms with Crippen LogP contribution in [0.1, 0.15) is 45.7 Å². The molecule has 0 saturated heterocycles. The molecule has 0 aromatic heterocycles. The molecule has 0 atom stereocenters. The molecule has 0 saturated carbocycles. The van der Waals surface area contributed by atoms with Crippen LogP contribution in [0.4, 0.5) is 26.3 Å². The molecule has 232 valence electrons. The third-order valence-electron chi connectivity index (χ3n) is 7.04. The van der Waals surface area contributed by atoms with Gasteiger partial charge in [-0.2, -0.15) is 26.3 Å². The standard InChI is InChI=1S/C34H31F6NO3/c35-33(36,37)28-17-25(18-29(21-28)34(38,39)40)22-41(15-8-16-44-30-14-7-9-24(19-30)20-32(42)43)23-31(26-10-3-1-4-11-26)27-12-5-2-6-13-27/h1-7,9-14,17-19,21,31H,8,15-16,20,22-23H2,(H,42,43). The van der Waals surface area contributed by atoms with Gasteiger partial charge in [-0.3, -0.25) is 9.69 Å². The monoisotopic (exact) mass is 615 g/mol. The smallest absolute Gasteiger partial charge is 0.416 e. The zero-order chi connectivity index (χ0) is 31.7. The van der Waals surface area contributed by atoms with Gasteiger partial charge in [-0.25, -0.2) is 0 Å². The summed E-state index contributed by atoms with van der Waals surface area (Å²) in [6, 6.07) is 27.3. The number of carboxylic acids is 1. The fraction of sp³-hybridized carbons (Fsp3) is 0.265. The van der Waals surface area contributed by atoms with E-state index in [0.717, 1.165) is 23.3 Å². The first kappa shape index (κ1) is 32.6. The van der Waals surface area contributed by atoms with Crippen molar-refractivity contribution >= 4 is 5.97 Å². The number of nitrogens with zero attached hydrogens (tertiary/aromatic N) is 1. The Morgan fingerprint density at radius 1 is 0.727 bits per heavy atom. The molecule has 4 aromatic rings. The minimum absolute atomic E-state index is 0.102. The zero-order valence-corrected chi connectivity index (χ0v) is 23.6. The number of halogens is 6. The quantitative estimate of drug-likeness (QED) is 0.121. The normalized spacial score (nSPS) is 12.1. The van der Waals surface area contributed by atoms with Gasteiger partial charge in [-0.05, 0) is 59.0 Å². The van der Waals surface area contributed by atoms with Crippen LogP contribution in [0.15, 0.2) is 103 Å². The first-order valence-electron chi connectivity index (χ1n) is 13.9. The molecule has 0 amide bonds. The van der Waals surface area contributed by atoms with E-state index in [0.29, 0.717) is 30.8 Å².